The van der Waals surface area contributed by atoms with Gasteiger partial charge in [0.15, 0.2) is 6.61 Å². The van der Waals surface area contributed by atoms with Crippen molar-refractivity contribution in [2.45, 2.75) is 45.7 Å². The van der Waals surface area contributed by atoms with Crippen LogP contribution in [0.5, 0.6) is 23.0 Å². The zero-order valence-electron chi connectivity index (χ0n) is 30.7. The summed E-state index contributed by atoms with van der Waals surface area (Å²) in [4.78, 5) is 25.1. The number of ether oxygens (including phenoxy) is 8. The number of carbonyl (C=O) groups is 2. The summed E-state index contributed by atoms with van der Waals surface area (Å²) < 4.78 is 45.1. The van der Waals surface area contributed by atoms with Gasteiger partial charge in [-0.05, 0) is 70.8 Å². The smallest absolute Gasteiger partial charge is 0.344 e. The van der Waals surface area contributed by atoms with Gasteiger partial charge in [-0.2, -0.15) is 0 Å². The fraction of sp³-hybridized carbons (Fsp3) is 0.366. The van der Waals surface area contributed by atoms with Crippen molar-refractivity contribution in [3.63, 3.8) is 0 Å². The van der Waals surface area contributed by atoms with Crippen molar-refractivity contribution in [3.05, 3.63) is 106 Å². The minimum Gasteiger partial charge on any atom is -0.508 e. The number of esters is 2. The van der Waals surface area contributed by atoms with Gasteiger partial charge in [0.1, 0.15) is 23.0 Å². The average Bonchev–Trinajstić information content (AvgIpc) is 3.13. The molecule has 284 valence electrons. The van der Waals surface area contributed by atoms with Crippen molar-refractivity contribution >= 4 is 11.9 Å². The molecule has 2 N–H and O–H groups in total. The second-order valence-electron chi connectivity index (χ2n) is 12.1. The Morgan fingerprint density at radius 1 is 0.528 bits per heavy atom. The van der Waals surface area contributed by atoms with Gasteiger partial charge < -0.3 is 48.1 Å². The number of benzene rings is 4. The summed E-state index contributed by atoms with van der Waals surface area (Å²) in [6.07, 6.45) is 1.03. The molecular formula is C41H48O12. The SMILES string of the molecule is COCc1cc(-c2cc(COC)c(OCC(=O)OCCc3cccc(O)c3)c(COC)c2)cc(COC)c1OCCC(=O)OCCc1ccc(O)cc1. The molecule has 12 heteroatoms. The Labute approximate surface area is 310 Å². The molecule has 0 aliphatic rings. The van der Waals surface area contributed by atoms with Gasteiger partial charge in [-0.15, -0.1) is 0 Å². The topological polar surface area (TPSA) is 148 Å². The third-order valence-corrected chi connectivity index (χ3v) is 8.06. The van der Waals surface area contributed by atoms with E-state index in [4.69, 9.17) is 37.9 Å². The Bertz CT molecular complexity index is 1720. The van der Waals surface area contributed by atoms with Crippen LogP contribution in [0.4, 0.5) is 0 Å². The van der Waals surface area contributed by atoms with E-state index in [2.05, 4.69) is 0 Å². The van der Waals surface area contributed by atoms with Gasteiger partial charge in [-0.25, -0.2) is 4.79 Å². The van der Waals surface area contributed by atoms with Crippen molar-refractivity contribution in [3.8, 4) is 34.1 Å². The zero-order chi connectivity index (χ0) is 38.0. The second-order valence-corrected chi connectivity index (χ2v) is 12.1. The molecule has 4 aromatic rings. The van der Waals surface area contributed by atoms with Crippen molar-refractivity contribution in [1.29, 1.82) is 0 Å². The molecule has 0 amide bonds. The first kappa shape index (κ1) is 40.6. The van der Waals surface area contributed by atoms with Crippen LogP contribution in [0.1, 0.15) is 39.8 Å². The molecule has 4 aromatic carbocycles. The molecule has 0 spiro atoms. The minimum absolute atomic E-state index is 0.0452. The lowest BCUT2D eigenvalue weighted by molar-refractivity contribution is -0.146. The van der Waals surface area contributed by atoms with Crippen LogP contribution in [0.15, 0.2) is 72.8 Å². The first-order chi connectivity index (χ1) is 25.7. The molecule has 53 heavy (non-hydrogen) atoms. The van der Waals surface area contributed by atoms with Crippen LogP contribution in [0, 0.1) is 0 Å². The molecule has 0 radical (unpaired) electrons. The quantitative estimate of drug-likeness (QED) is 0.0904. The van der Waals surface area contributed by atoms with E-state index in [1.165, 1.54) is 0 Å². The number of rotatable bonds is 22. The highest BCUT2D eigenvalue weighted by Gasteiger charge is 2.19. The molecule has 0 heterocycles. The summed E-state index contributed by atoms with van der Waals surface area (Å²) in [6, 6.07) is 21.3. The summed E-state index contributed by atoms with van der Waals surface area (Å²) >= 11 is 0. The van der Waals surface area contributed by atoms with Crippen LogP contribution in [-0.4, -0.2) is 77.0 Å². The average molecular weight is 733 g/mol. The van der Waals surface area contributed by atoms with Crippen LogP contribution in [-0.2, 0) is 77.3 Å². The first-order valence-corrected chi connectivity index (χ1v) is 17.1. The van der Waals surface area contributed by atoms with E-state index >= 15 is 0 Å². The summed E-state index contributed by atoms with van der Waals surface area (Å²) in [5.41, 5.74) is 6.40. The molecule has 4 rings (SSSR count). The molecule has 0 saturated carbocycles. The van der Waals surface area contributed by atoms with Crippen molar-refractivity contribution in [2.24, 2.45) is 0 Å². The molecule has 0 aliphatic heterocycles. The van der Waals surface area contributed by atoms with Gasteiger partial charge in [0.25, 0.3) is 0 Å². The summed E-state index contributed by atoms with van der Waals surface area (Å²) in [5, 5.41) is 19.1. The second kappa shape index (κ2) is 21.4. The number of phenolic OH excluding ortho intramolecular Hbond substituents is 2. The lowest BCUT2D eigenvalue weighted by atomic mass is 9.95. The van der Waals surface area contributed by atoms with Gasteiger partial charge >= 0.3 is 11.9 Å². The third kappa shape index (κ3) is 12.8. The van der Waals surface area contributed by atoms with Crippen molar-refractivity contribution in [1.82, 2.24) is 0 Å². The van der Waals surface area contributed by atoms with Gasteiger partial charge in [-0.3, -0.25) is 4.79 Å². The van der Waals surface area contributed by atoms with Crippen molar-refractivity contribution in [2.75, 3.05) is 54.9 Å². The van der Waals surface area contributed by atoms with Crippen LogP contribution in [0.2, 0.25) is 0 Å². The Kier molecular flexibility index (Phi) is 16.4. The molecule has 0 aromatic heterocycles. The van der Waals surface area contributed by atoms with E-state index in [-0.39, 0.29) is 76.7 Å². The maximum Gasteiger partial charge on any atom is 0.344 e. The van der Waals surface area contributed by atoms with Crippen LogP contribution >= 0.6 is 0 Å². The Balaban J connectivity index is 1.48. The van der Waals surface area contributed by atoms with Crippen molar-refractivity contribution < 1.29 is 57.7 Å². The third-order valence-electron chi connectivity index (χ3n) is 8.06. The van der Waals surface area contributed by atoms with Gasteiger partial charge in [0.2, 0.25) is 0 Å². The largest absolute Gasteiger partial charge is 0.508 e. The Hall–Kier alpha value is -5.14. The zero-order valence-corrected chi connectivity index (χ0v) is 30.7. The normalized spacial score (nSPS) is 10.9. The molecule has 0 saturated heterocycles. The molecule has 0 unspecified atom stereocenters. The van der Waals surface area contributed by atoms with Gasteiger partial charge in [0, 0.05) is 63.5 Å². The molecule has 12 nitrogen and oxygen atoms in total. The van der Waals surface area contributed by atoms with E-state index in [9.17, 15) is 19.8 Å². The number of aromatic hydroxyl groups is 2. The predicted molar refractivity (Wildman–Crippen MR) is 196 cm³/mol. The highest BCUT2D eigenvalue weighted by Crippen LogP contribution is 2.37. The van der Waals surface area contributed by atoms with Gasteiger partial charge in [0.05, 0.1) is 52.7 Å². The Morgan fingerprint density at radius 3 is 1.53 bits per heavy atom. The number of hydrogen-bond acceptors (Lipinski definition) is 12. The fourth-order valence-corrected chi connectivity index (χ4v) is 5.69. The molecular weight excluding hydrogens is 684 g/mol. The summed E-state index contributed by atoms with van der Waals surface area (Å²) in [7, 11) is 6.34. The van der Waals surface area contributed by atoms with E-state index in [1.807, 2.05) is 30.3 Å². The lowest BCUT2D eigenvalue weighted by Gasteiger charge is -2.20. The molecule has 0 aliphatic carbocycles. The first-order valence-electron chi connectivity index (χ1n) is 17.1. The fourth-order valence-electron chi connectivity index (χ4n) is 5.69. The van der Waals surface area contributed by atoms with E-state index < -0.39 is 5.97 Å². The molecule has 0 atom stereocenters. The Morgan fingerprint density at radius 2 is 1.02 bits per heavy atom. The number of hydrogen-bond donors (Lipinski definition) is 2. The lowest BCUT2D eigenvalue weighted by Crippen LogP contribution is -2.18. The highest BCUT2D eigenvalue weighted by molar-refractivity contribution is 5.73. The predicted octanol–water partition coefficient (Wildman–Crippen LogP) is 6.07. The van der Waals surface area contributed by atoms with E-state index in [1.54, 1.807) is 70.9 Å². The maximum absolute atomic E-state index is 12.6. The summed E-state index contributed by atoms with van der Waals surface area (Å²) in [5.74, 6) is 0.439. The monoisotopic (exact) mass is 732 g/mol. The number of phenols is 2. The van der Waals surface area contributed by atoms with Crippen LogP contribution < -0.4 is 9.47 Å². The summed E-state index contributed by atoms with van der Waals surface area (Å²) in [6.45, 7) is 1.01. The van der Waals surface area contributed by atoms with Crippen LogP contribution in [0.25, 0.3) is 11.1 Å². The molecule has 0 fully saturated rings. The van der Waals surface area contributed by atoms with E-state index in [0.717, 1.165) is 33.4 Å². The maximum atomic E-state index is 12.6. The highest BCUT2D eigenvalue weighted by atomic mass is 16.6. The number of methoxy groups -OCH3 is 4. The minimum atomic E-state index is -0.535. The van der Waals surface area contributed by atoms with E-state index in [0.29, 0.717) is 35.5 Å². The number of carbonyl (C=O) groups excluding carboxylic acids is 2. The molecule has 0 bridgehead atoms. The standard InChI is InChI=1S/C41H48O12/c1-46-23-32-19-30(20-33(24-47-2)40(32)52-17-14-38(44)50-15-12-28-8-10-36(42)11-9-28)31-21-34(25-48-3)41(35(22-31)26-49-4)53-27-39(45)51-16-13-29-6-5-7-37(43)18-29/h5-11,18-22,42-43H,12-17,23-27H2,1-4H3. The van der Waals surface area contributed by atoms with Gasteiger partial charge in [-0.1, -0.05) is 24.3 Å². The van der Waals surface area contributed by atoms with Crippen LogP contribution in [0.3, 0.4) is 0 Å².